The molecule has 202 valence electrons. The van der Waals surface area contributed by atoms with E-state index in [0.717, 1.165) is 30.4 Å². The van der Waals surface area contributed by atoms with Crippen molar-refractivity contribution >= 4 is 37.3 Å². The molecule has 0 spiro atoms. The molecule has 0 saturated carbocycles. The molecule has 0 aliphatic carbocycles. The number of benzene rings is 3. The lowest BCUT2D eigenvalue weighted by Crippen LogP contribution is -2.35. The first-order valence-electron chi connectivity index (χ1n) is 12.2. The normalized spacial score (nSPS) is 14.1. The monoisotopic (exact) mass is 557 g/mol. The molecule has 1 saturated heterocycles. The number of nitrogens with one attached hydrogen (secondary N) is 2. The van der Waals surface area contributed by atoms with Gasteiger partial charge in [-0.1, -0.05) is 17.7 Å². The van der Waals surface area contributed by atoms with E-state index in [1.165, 1.54) is 49.6 Å². The Morgan fingerprint density at radius 2 is 1.42 bits per heavy atom. The topological polar surface area (TPSA) is 122 Å². The zero-order valence-corrected chi connectivity index (χ0v) is 23.2. The smallest absolute Gasteiger partial charge is 0.261 e. The minimum absolute atomic E-state index is 0.0146. The molecule has 3 aromatic carbocycles. The number of likely N-dealkylation sites (tertiary alicyclic amines) is 1. The molecule has 0 unspecified atom stereocenters. The molecule has 38 heavy (non-hydrogen) atoms. The van der Waals surface area contributed by atoms with Gasteiger partial charge in [0.2, 0.25) is 0 Å². The molecular formula is C27H31N3O6S2. The third-order valence-corrected chi connectivity index (χ3v) is 9.16. The van der Waals surface area contributed by atoms with Crippen LogP contribution >= 0.6 is 0 Å². The fourth-order valence-corrected chi connectivity index (χ4v) is 6.55. The molecule has 1 fully saturated rings. The highest BCUT2D eigenvalue weighted by atomic mass is 32.2. The molecule has 9 nitrogen and oxygen atoms in total. The Bertz CT molecular complexity index is 1550. The van der Waals surface area contributed by atoms with E-state index >= 15 is 0 Å². The Balaban J connectivity index is 1.53. The maximum absolute atomic E-state index is 13.1. The minimum atomic E-state index is -4.07. The minimum Gasteiger partial charge on any atom is -0.496 e. The number of sulfonamides is 2. The number of aryl methyl sites for hydroxylation is 2. The molecule has 3 aromatic rings. The Hall–Kier alpha value is -3.57. The first-order chi connectivity index (χ1) is 18.0. The van der Waals surface area contributed by atoms with Gasteiger partial charge in [-0.25, -0.2) is 16.8 Å². The fourth-order valence-electron chi connectivity index (χ4n) is 4.34. The van der Waals surface area contributed by atoms with Crippen LogP contribution in [-0.2, 0) is 20.0 Å². The number of ether oxygens (including phenoxy) is 1. The fraction of sp³-hybridized carbons (Fsp3) is 0.296. The largest absolute Gasteiger partial charge is 0.496 e. The summed E-state index contributed by atoms with van der Waals surface area (Å²) >= 11 is 0. The van der Waals surface area contributed by atoms with Crippen molar-refractivity contribution in [2.45, 2.75) is 42.9 Å². The van der Waals surface area contributed by atoms with E-state index in [0.29, 0.717) is 24.5 Å². The zero-order valence-electron chi connectivity index (χ0n) is 21.5. The predicted octanol–water partition coefficient (Wildman–Crippen LogP) is 4.54. The summed E-state index contributed by atoms with van der Waals surface area (Å²) in [5, 5.41) is 0. The van der Waals surface area contributed by atoms with E-state index in [-0.39, 0.29) is 26.9 Å². The Morgan fingerprint density at radius 3 is 2.05 bits per heavy atom. The molecule has 11 heteroatoms. The van der Waals surface area contributed by atoms with Crippen molar-refractivity contribution in [2.75, 3.05) is 29.6 Å². The number of amides is 1. The second-order valence-electron chi connectivity index (χ2n) is 9.27. The molecule has 1 heterocycles. The average molecular weight is 558 g/mol. The van der Waals surface area contributed by atoms with Crippen molar-refractivity contribution < 1.29 is 26.4 Å². The van der Waals surface area contributed by atoms with Crippen LogP contribution < -0.4 is 14.2 Å². The van der Waals surface area contributed by atoms with E-state index in [2.05, 4.69) is 9.44 Å². The highest BCUT2D eigenvalue weighted by Crippen LogP contribution is 2.27. The molecule has 0 aromatic heterocycles. The number of carbonyl (C=O) groups excluding carboxylic acids is 1. The molecule has 0 bridgehead atoms. The lowest BCUT2D eigenvalue weighted by atomic mass is 10.1. The Labute approximate surface area is 223 Å². The van der Waals surface area contributed by atoms with Crippen LogP contribution in [0, 0.1) is 13.8 Å². The van der Waals surface area contributed by atoms with Crippen LogP contribution in [0.1, 0.15) is 40.7 Å². The summed E-state index contributed by atoms with van der Waals surface area (Å²) in [6.45, 7) is 4.97. The SMILES string of the molecule is COc1ccc(S(=O)(=O)Nc2ccc(S(=O)(=O)Nc3ccc(C)cc3C)cc2)cc1C(=O)N1CCCCC1. The number of rotatable bonds is 8. The van der Waals surface area contributed by atoms with E-state index < -0.39 is 20.0 Å². The van der Waals surface area contributed by atoms with Gasteiger partial charge in [-0.2, -0.15) is 0 Å². The molecule has 1 aliphatic heterocycles. The van der Waals surface area contributed by atoms with Crippen LogP contribution in [-0.4, -0.2) is 47.8 Å². The first kappa shape index (κ1) is 27.5. The van der Waals surface area contributed by atoms with Gasteiger partial charge in [0.25, 0.3) is 26.0 Å². The van der Waals surface area contributed by atoms with Crippen LogP contribution in [0.5, 0.6) is 5.75 Å². The van der Waals surface area contributed by atoms with Gasteiger partial charge >= 0.3 is 0 Å². The number of hydrogen-bond acceptors (Lipinski definition) is 6. The van der Waals surface area contributed by atoms with Crippen LogP contribution in [0.3, 0.4) is 0 Å². The average Bonchev–Trinajstić information content (AvgIpc) is 2.90. The summed E-state index contributed by atoms with van der Waals surface area (Å²) < 4.78 is 62.3. The van der Waals surface area contributed by atoms with E-state index in [1.54, 1.807) is 11.0 Å². The van der Waals surface area contributed by atoms with Gasteiger partial charge < -0.3 is 9.64 Å². The lowest BCUT2D eigenvalue weighted by molar-refractivity contribution is 0.0720. The summed E-state index contributed by atoms with van der Waals surface area (Å²) in [5.74, 6) is 0.0230. The van der Waals surface area contributed by atoms with Crippen molar-refractivity contribution in [3.05, 3.63) is 77.4 Å². The quantitative estimate of drug-likeness (QED) is 0.419. The molecular weight excluding hydrogens is 526 g/mol. The summed E-state index contributed by atoms with van der Waals surface area (Å²) in [6, 6.07) is 14.9. The molecule has 1 aliphatic rings. The third kappa shape index (κ3) is 6.11. The molecule has 1 amide bonds. The van der Waals surface area contributed by atoms with E-state index in [4.69, 9.17) is 4.74 Å². The van der Waals surface area contributed by atoms with Gasteiger partial charge in [0, 0.05) is 18.8 Å². The van der Waals surface area contributed by atoms with Crippen LogP contribution in [0.2, 0.25) is 0 Å². The van der Waals surface area contributed by atoms with E-state index in [9.17, 15) is 21.6 Å². The maximum Gasteiger partial charge on any atom is 0.261 e. The predicted molar refractivity (Wildman–Crippen MR) is 147 cm³/mol. The number of nitrogens with zero attached hydrogens (tertiary/aromatic N) is 1. The lowest BCUT2D eigenvalue weighted by Gasteiger charge is -2.27. The Kier molecular flexibility index (Phi) is 7.98. The molecule has 2 N–H and O–H groups in total. The standard InChI is InChI=1S/C27H31N3O6S2/c1-19-7-13-25(20(2)17-19)29-37(32,33)22-10-8-21(9-11-22)28-38(34,35)23-12-14-26(36-3)24(18-23)27(31)30-15-5-4-6-16-30/h7-14,17-18,28-29H,4-6,15-16H2,1-3H3. The van der Waals surface area contributed by atoms with Crippen LogP contribution in [0.15, 0.2) is 70.5 Å². The highest BCUT2D eigenvalue weighted by molar-refractivity contribution is 7.93. The van der Waals surface area contributed by atoms with Crippen molar-refractivity contribution in [3.8, 4) is 5.75 Å². The zero-order chi connectivity index (χ0) is 27.5. The molecule has 0 radical (unpaired) electrons. The first-order valence-corrected chi connectivity index (χ1v) is 15.2. The van der Waals surface area contributed by atoms with E-state index in [1.807, 2.05) is 26.0 Å². The second kappa shape index (κ2) is 11.0. The summed E-state index contributed by atoms with van der Waals surface area (Å²) in [6.07, 6.45) is 2.86. The second-order valence-corrected chi connectivity index (χ2v) is 12.6. The molecule has 4 rings (SSSR count). The number of methoxy groups -OCH3 is 1. The Morgan fingerprint density at radius 1 is 0.789 bits per heavy atom. The summed E-state index contributed by atoms with van der Waals surface area (Å²) in [4.78, 5) is 14.7. The summed E-state index contributed by atoms with van der Waals surface area (Å²) in [7, 11) is -6.52. The summed E-state index contributed by atoms with van der Waals surface area (Å²) in [5.41, 5.74) is 2.62. The number of carbonyl (C=O) groups is 1. The van der Waals surface area contributed by atoms with Crippen molar-refractivity contribution in [1.29, 1.82) is 0 Å². The van der Waals surface area contributed by atoms with Gasteiger partial charge in [-0.05, 0) is 87.2 Å². The van der Waals surface area contributed by atoms with Gasteiger partial charge in [0.1, 0.15) is 5.75 Å². The van der Waals surface area contributed by atoms with Gasteiger partial charge in [-0.15, -0.1) is 0 Å². The maximum atomic E-state index is 13.1. The van der Waals surface area contributed by atoms with Crippen molar-refractivity contribution in [3.63, 3.8) is 0 Å². The number of hydrogen-bond donors (Lipinski definition) is 2. The highest BCUT2D eigenvalue weighted by Gasteiger charge is 2.25. The molecule has 0 atom stereocenters. The van der Waals surface area contributed by atoms with Gasteiger partial charge in [0.05, 0.1) is 28.2 Å². The third-order valence-electron chi connectivity index (χ3n) is 6.40. The van der Waals surface area contributed by atoms with Crippen LogP contribution in [0.4, 0.5) is 11.4 Å². The van der Waals surface area contributed by atoms with Gasteiger partial charge in [-0.3, -0.25) is 14.2 Å². The number of anilines is 2. The van der Waals surface area contributed by atoms with Gasteiger partial charge in [0.15, 0.2) is 0 Å². The van der Waals surface area contributed by atoms with Crippen molar-refractivity contribution in [1.82, 2.24) is 4.90 Å². The van der Waals surface area contributed by atoms with Crippen molar-refractivity contribution in [2.24, 2.45) is 0 Å². The van der Waals surface area contributed by atoms with Crippen LogP contribution in [0.25, 0.3) is 0 Å². The number of piperidine rings is 1.